The van der Waals surface area contributed by atoms with Crippen LogP contribution in [-0.2, 0) is 6.42 Å². The number of halogens is 1. The fourth-order valence-electron chi connectivity index (χ4n) is 1.31. The zero-order chi connectivity index (χ0) is 11.4. The van der Waals surface area contributed by atoms with Gasteiger partial charge in [-0.05, 0) is 42.0 Å². The molecule has 3 nitrogen and oxygen atoms in total. The first-order chi connectivity index (χ1) is 7.79. The van der Waals surface area contributed by atoms with Crippen LogP contribution in [0, 0.1) is 0 Å². The Kier molecular flexibility index (Phi) is 4.45. The summed E-state index contributed by atoms with van der Waals surface area (Å²) >= 11 is 6.82. The summed E-state index contributed by atoms with van der Waals surface area (Å²) in [6.07, 6.45) is 2.11. The highest BCUT2D eigenvalue weighted by atomic mass is 79.9. The van der Waals surface area contributed by atoms with Crippen LogP contribution in [0.1, 0.15) is 11.4 Å². The number of nitrogens with zero attached hydrogens (tertiary/aromatic N) is 2. The molecular formula is C10H12BrN3S2. The second kappa shape index (κ2) is 5.86. The molecule has 0 radical (unpaired) electrons. The maximum atomic E-state index is 4.21. The van der Waals surface area contributed by atoms with E-state index in [4.69, 9.17) is 0 Å². The molecule has 86 valence electrons. The van der Waals surface area contributed by atoms with Crippen molar-refractivity contribution >= 4 is 38.6 Å². The molecule has 1 N–H and O–H groups in total. The zero-order valence-electron chi connectivity index (χ0n) is 8.86. The summed E-state index contributed by atoms with van der Waals surface area (Å²) in [4.78, 5) is 0. The third kappa shape index (κ3) is 3.10. The van der Waals surface area contributed by atoms with Gasteiger partial charge in [-0.15, -0.1) is 21.5 Å². The molecule has 0 aliphatic carbocycles. The molecule has 0 unspecified atom stereocenters. The molecule has 0 spiro atoms. The topological polar surface area (TPSA) is 37.8 Å². The third-order valence-corrected chi connectivity index (χ3v) is 4.64. The smallest absolute Gasteiger partial charge is 0.148 e. The molecule has 0 amide bonds. The summed E-state index contributed by atoms with van der Waals surface area (Å²) in [5.74, 6) is 0. The standard InChI is InChI=1S/C10H12BrN3S2/c1-12-4-2-3-9-13-14-10(16-9)7-5-8(11)15-6-7/h5-6,12H,2-4H2,1H3. The van der Waals surface area contributed by atoms with E-state index in [2.05, 4.69) is 42.9 Å². The van der Waals surface area contributed by atoms with Crippen molar-refractivity contribution in [3.8, 4) is 10.6 Å². The third-order valence-electron chi connectivity index (χ3n) is 2.10. The van der Waals surface area contributed by atoms with E-state index in [9.17, 15) is 0 Å². The van der Waals surface area contributed by atoms with Gasteiger partial charge in [-0.2, -0.15) is 0 Å². The van der Waals surface area contributed by atoms with Crippen molar-refractivity contribution in [3.63, 3.8) is 0 Å². The van der Waals surface area contributed by atoms with Crippen molar-refractivity contribution in [2.45, 2.75) is 12.8 Å². The lowest BCUT2D eigenvalue weighted by molar-refractivity contribution is 0.718. The molecule has 0 aliphatic heterocycles. The average Bonchev–Trinajstić information content (AvgIpc) is 2.87. The quantitative estimate of drug-likeness (QED) is 0.861. The Hall–Kier alpha value is -0.300. The van der Waals surface area contributed by atoms with Crippen LogP contribution in [0.2, 0.25) is 0 Å². The van der Waals surface area contributed by atoms with Crippen molar-refractivity contribution in [1.29, 1.82) is 0 Å². The van der Waals surface area contributed by atoms with Crippen molar-refractivity contribution in [2.75, 3.05) is 13.6 Å². The lowest BCUT2D eigenvalue weighted by Crippen LogP contribution is -2.08. The summed E-state index contributed by atoms with van der Waals surface area (Å²) in [5, 5.41) is 15.8. The van der Waals surface area contributed by atoms with E-state index in [1.54, 1.807) is 22.7 Å². The first kappa shape index (κ1) is 12.2. The molecule has 0 bridgehead atoms. The number of hydrogen-bond donors (Lipinski definition) is 1. The first-order valence-electron chi connectivity index (χ1n) is 5.01. The van der Waals surface area contributed by atoms with Gasteiger partial charge in [0.05, 0.1) is 3.79 Å². The minimum Gasteiger partial charge on any atom is -0.320 e. The van der Waals surface area contributed by atoms with Crippen LogP contribution in [0.15, 0.2) is 15.2 Å². The van der Waals surface area contributed by atoms with E-state index in [1.807, 2.05) is 7.05 Å². The van der Waals surface area contributed by atoms with E-state index < -0.39 is 0 Å². The van der Waals surface area contributed by atoms with Gasteiger partial charge in [0.15, 0.2) is 0 Å². The molecule has 0 saturated carbocycles. The Balaban J connectivity index is 2.02. The van der Waals surface area contributed by atoms with Gasteiger partial charge in [-0.25, -0.2) is 0 Å². The number of aryl methyl sites for hydroxylation is 1. The fourth-order valence-corrected chi connectivity index (χ4v) is 3.39. The maximum Gasteiger partial charge on any atom is 0.148 e. The number of hydrogen-bond acceptors (Lipinski definition) is 5. The van der Waals surface area contributed by atoms with Crippen LogP contribution in [-0.4, -0.2) is 23.8 Å². The maximum absolute atomic E-state index is 4.21. The first-order valence-corrected chi connectivity index (χ1v) is 7.50. The average molecular weight is 318 g/mol. The Morgan fingerprint density at radius 2 is 2.31 bits per heavy atom. The van der Waals surface area contributed by atoms with Crippen LogP contribution in [0.25, 0.3) is 10.6 Å². The monoisotopic (exact) mass is 317 g/mol. The van der Waals surface area contributed by atoms with Crippen LogP contribution in [0.4, 0.5) is 0 Å². The molecule has 2 heterocycles. The Bertz CT molecular complexity index is 452. The van der Waals surface area contributed by atoms with Gasteiger partial charge < -0.3 is 5.32 Å². The number of aromatic nitrogens is 2. The van der Waals surface area contributed by atoms with Crippen LogP contribution < -0.4 is 5.32 Å². The van der Waals surface area contributed by atoms with Gasteiger partial charge in [0.25, 0.3) is 0 Å². The molecule has 0 saturated heterocycles. The summed E-state index contributed by atoms with van der Waals surface area (Å²) < 4.78 is 1.13. The lowest BCUT2D eigenvalue weighted by Gasteiger charge is -1.94. The van der Waals surface area contributed by atoms with Gasteiger partial charge in [0.1, 0.15) is 10.0 Å². The highest BCUT2D eigenvalue weighted by Gasteiger charge is 2.07. The molecule has 2 aromatic rings. The van der Waals surface area contributed by atoms with E-state index in [0.717, 1.165) is 38.8 Å². The Morgan fingerprint density at radius 3 is 3.00 bits per heavy atom. The number of nitrogens with one attached hydrogen (secondary N) is 1. The number of rotatable bonds is 5. The minimum absolute atomic E-state index is 1.00. The SMILES string of the molecule is CNCCCc1nnc(-c2csc(Br)c2)s1. The van der Waals surface area contributed by atoms with Gasteiger partial charge in [0.2, 0.25) is 0 Å². The van der Waals surface area contributed by atoms with Crippen LogP contribution >= 0.6 is 38.6 Å². The van der Waals surface area contributed by atoms with Crippen LogP contribution in [0.5, 0.6) is 0 Å². The van der Waals surface area contributed by atoms with E-state index in [-0.39, 0.29) is 0 Å². The fraction of sp³-hybridized carbons (Fsp3) is 0.400. The summed E-state index contributed by atoms with van der Waals surface area (Å²) in [5.41, 5.74) is 1.16. The zero-order valence-corrected chi connectivity index (χ0v) is 12.1. The van der Waals surface area contributed by atoms with E-state index in [0.29, 0.717) is 0 Å². The lowest BCUT2D eigenvalue weighted by atomic mass is 10.3. The van der Waals surface area contributed by atoms with Crippen molar-refractivity contribution in [1.82, 2.24) is 15.5 Å². The highest BCUT2D eigenvalue weighted by molar-refractivity contribution is 9.11. The van der Waals surface area contributed by atoms with Crippen molar-refractivity contribution < 1.29 is 0 Å². The predicted octanol–water partition coefficient (Wildman–Crippen LogP) is 3.18. The molecule has 0 aromatic carbocycles. The predicted molar refractivity (Wildman–Crippen MR) is 73.2 cm³/mol. The van der Waals surface area contributed by atoms with Gasteiger partial charge in [-0.1, -0.05) is 11.3 Å². The Morgan fingerprint density at radius 1 is 1.44 bits per heavy atom. The molecule has 0 fully saturated rings. The van der Waals surface area contributed by atoms with Gasteiger partial charge in [-0.3, -0.25) is 0 Å². The molecule has 0 aliphatic rings. The largest absolute Gasteiger partial charge is 0.320 e. The van der Waals surface area contributed by atoms with E-state index >= 15 is 0 Å². The molecule has 2 rings (SSSR count). The molecule has 2 aromatic heterocycles. The highest BCUT2D eigenvalue weighted by Crippen LogP contribution is 2.30. The van der Waals surface area contributed by atoms with E-state index in [1.165, 1.54) is 0 Å². The molecular weight excluding hydrogens is 306 g/mol. The summed E-state index contributed by atoms with van der Waals surface area (Å²) in [6, 6.07) is 2.09. The summed E-state index contributed by atoms with van der Waals surface area (Å²) in [7, 11) is 1.97. The van der Waals surface area contributed by atoms with Gasteiger partial charge >= 0.3 is 0 Å². The normalized spacial score (nSPS) is 10.9. The molecule has 6 heteroatoms. The van der Waals surface area contributed by atoms with Crippen LogP contribution in [0.3, 0.4) is 0 Å². The second-order valence-electron chi connectivity index (χ2n) is 3.35. The van der Waals surface area contributed by atoms with Gasteiger partial charge in [0, 0.05) is 17.4 Å². The Labute approximate surface area is 111 Å². The minimum atomic E-state index is 1.00. The second-order valence-corrected chi connectivity index (χ2v) is 6.70. The molecule has 16 heavy (non-hydrogen) atoms. The molecule has 0 atom stereocenters. The number of thiophene rings is 1. The van der Waals surface area contributed by atoms with Crippen molar-refractivity contribution in [3.05, 3.63) is 20.2 Å². The van der Waals surface area contributed by atoms with Crippen molar-refractivity contribution in [2.24, 2.45) is 0 Å². The summed E-state index contributed by atoms with van der Waals surface area (Å²) in [6.45, 7) is 1.03.